The second kappa shape index (κ2) is 6.69. The third-order valence-corrected chi connectivity index (χ3v) is 4.70. The fourth-order valence-electron chi connectivity index (χ4n) is 3.10. The second-order valence-corrected chi connectivity index (χ2v) is 6.34. The predicted molar refractivity (Wildman–Crippen MR) is 102 cm³/mol. The molecule has 7 nitrogen and oxygen atoms in total. The van der Waals surface area contributed by atoms with Crippen LogP contribution in [0, 0.1) is 10.1 Å². The molecule has 134 valence electrons. The summed E-state index contributed by atoms with van der Waals surface area (Å²) in [6.45, 7) is 0. The van der Waals surface area contributed by atoms with E-state index in [0.717, 1.165) is 0 Å². The molecule has 1 N–H and O–H groups in total. The largest absolute Gasteiger partial charge is 0.360 e. The van der Waals surface area contributed by atoms with Crippen LogP contribution in [0.2, 0.25) is 5.02 Å². The number of hydrogen-bond donors (Lipinski definition) is 1. The van der Waals surface area contributed by atoms with Crippen LogP contribution in [0.3, 0.4) is 0 Å². The van der Waals surface area contributed by atoms with Gasteiger partial charge in [0.1, 0.15) is 6.17 Å². The summed E-state index contributed by atoms with van der Waals surface area (Å²) in [6.07, 6.45) is 2.45. The number of nitrogens with zero attached hydrogens (tertiary/aromatic N) is 3. The van der Waals surface area contributed by atoms with Gasteiger partial charge < -0.3 is 5.32 Å². The van der Waals surface area contributed by atoms with Crippen LogP contribution in [0.15, 0.2) is 67.0 Å². The average Bonchev–Trinajstić information content (AvgIpc) is 2.69. The van der Waals surface area contributed by atoms with Crippen LogP contribution in [0.1, 0.15) is 22.1 Å². The van der Waals surface area contributed by atoms with Crippen LogP contribution in [0.5, 0.6) is 0 Å². The first-order valence-electron chi connectivity index (χ1n) is 8.09. The van der Waals surface area contributed by atoms with Crippen LogP contribution in [-0.4, -0.2) is 15.8 Å². The number of amides is 1. The zero-order chi connectivity index (χ0) is 19.0. The Morgan fingerprint density at radius 2 is 1.85 bits per heavy atom. The van der Waals surface area contributed by atoms with E-state index < -0.39 is 11.1 Å². The molecule has 0 unspecified atom stereocenters. The first kappa shape index (κ1) is 17.0. The second-order valence-electron chi connectivity index (χ2n) is 5.94. The van der Waals surface area contributed by atoms with E-state index in [0.29, 0.717) is 27.5 Å². The maximum atomic E-state index is 13.2. The number of nitrogens with one attached hydrogen (secondary N) is 1. The molecule has 0 bridgehead atoms. The molecule has 1 atom stereocenters. The van der Waals surface area contributed by atoms with Gasteiger partial charge in [0.15, 0.2) is 0 Å². The highest BCUT2D eigenvalue weighted by molar-refractivity contribution is 6.31. The van der Waals surface area contributed by atoms with Crippen molar-refractivity contribution in [1.82, 2.24) is 4.98 Å². The molecule has 0 fully saturated rings. The Kier molecular flexibility index (Phi) is 4.21. The van der Waals surface area contributed by atoms with Crippen molar-refractivity contribution in [2.24, 2.45) is 0 Å². The number of fused-ring (bicyclic) bond motifs is 1. The predicted octanol–water partition coefficient (Wildman–Crippen LogP) is 4.41. The Balaban J connectivity index is 1.91. The average molecular weight is 381 g/mol. The minimum Gasteiger partial charge on any atom is -0.360 e. The van der Waals surface area contributed by atoms with Crippen molar-refractivity contribution >= 4 is 34.6 Å². The van der Waals surface area contributed by atoms with Crippen molar-refractivity contribution in [3.63, 3.8) is 0 Å². The summed E-state index contributed by atoms with van der Waals surface area (Å²) in [7, 11) is 0. The third kappa shape index (κ3) is 2.98. The van der Waals surface area contributed by atoms with Gasteiger partial charge in [-0.05, 0) is 30.3 Å². The van der Waals surface area contributed by atoms with Gasteiger partial charge in [0.25, 0.3) is 11.6 Å². The molecule has 0 saturated heterocycles. The van der Waals surface area contributed by atoms with Gasteiger partial charge in [-0.2, -0.15) is 0 Å². The molecule has 1 amide bonds. The Morgan fingerprint density at radius 3 is 2.59 bits per heavy atom. The summed E-state index contributed by atoms with van der Waals surface area (Å²) in [4.78, 5) is 29.5. The van der Waals surface area contributed by atoms with E-state index in [4.69, 9.17) is 11.6 Å². The van der Waals surface area contributed by atoms with Crippen molar-refractivity contribution in [2.45, 2.75) is 6.17 Å². The van der Waals surface area contributed by atoms with Crippen LogP contribution in [0.4, 0.5) is 17.1 Å². The first-order valence-corrected chi connectivity index (χ1v) is 8.47. The molecule has 0 spiro atoms. The molecule has 0 radical (unpaired) electrons. The number of benzene rings is 2. The van der Waals surface area contributed by atoms with Gasteiger partial charge in [-0.1, -0.05) is 23.7 Å². The standard InChI is InChI=1S/C19H13ClN4O3/c20-16-6-5-13(24(26)27)11-15(16)18-22-17-4-2-1-3-14(17)19(25)23(18)12-7-9-21-10-8-12/h1-11,18,22H/t18-/m1/s1. The molecule has 8 heteroatoms. The Labute approximate surface area is 159 Å². The van der Waals surface area contributed by atoms with Crippen LogP contribution >= 0.6 is 11.6 Å². The minimum absolute atomic E-state index is 0.0998. The van der Waals surface area contributed by atoms with Gasteiger partial charge in [0.05, 0.1) is 10.5 Å². The molecule has 0 aliphatic carbocycles. The van der Waals surface area contributed by atoms with Gasteiger partial charge in [0, 0.05) is 46.5 Å². The van der Waals surface area contributed by atoms with Crippen LogP contribution in [0.25, 0.3) is 0 Å². The molecule has 0 saturated carbocycles. The molecule has 1 aliphatic rings. The summed E-state index contributed by atoms with van der Waals surface area (Å²) < 4.78 is 0. The monoisotopic (exact) mass is 380 g/mol. The number of hydrogen-bond acceptors (Lipinski definition) is 5. The van der Waals surface area contributed by atoms with Crippen molar-refractivity contribution in [1.29, 1.82) is 0 Å². The van der Waals surface area contributed by atoms with Crippen molar-refractivity contribution in [3.05, 3.63) is 93.3 Å². The normalized spacial score (nSPS) is 15.8. The molecule has 2 heterocycles. The number of pyridine rings is 1. The summed E-state index contributed by atoms with van der Waals surface area (Å²) in [5.74, 6) is -0.233. The number of aromatic nitrogens is 1. The topological polar surface area (TPSA) is 88.4 Å². The zero-order valence-electron chi connectivity index (χ0n) is 13.9. The van der Waals surface area contributed by atoms with Crippen LogP contribution in [-0.2, 0) is 0 Å². The fraction of sp³-hybridized carbons (Fsp3) is 0.0526. The highest BCUT2D eigenvalue weighted by atomic mass is 35.5. The summed E-state index contributed by atoms with van der Waals surface area (Å²) in [6, 6.07) is 14.7. The lowest BCUT2D eigenvalue weighted by Gasteiger charge is -2.38. The van der Waals surface area contributed by atoms with Crippen LogP contribution < -0.4 is 10.2 Å². The van der Waals surface area contributed by atoms with Gasteiger partial charge in [-0.3, -0.25) is 24.8 Å². The SMILES string of the molecule is O=C1c2ccccc2N[C@@H](c2cc([N+](=O)[O-])ccc2Cl)N1c1ccncc1. The van der Waals surface area contributed by atoms with Crippen molar-refractivity contribution in [2.75, 3.05) is 10.2 Å². The number of carbonyl (C=O) groups is 1. The Bertz CT molecular complexity index is 1040. The summed E-state index contributed by atoms with van der Waals surface area (Å²) in [5.41, 5.74) is 2.08. The molecule has 2 aromatic carbocycles. The van der Waals surface area contributed by atoms with Gasteiger partial charge in [0.2, 0.25) is 0 Å². The van der Waals surface area contributed by atoms with Gasteiger partial charge >= 0.3 is 0 Å². The number of anilines is 2. The molecule has 3 aromatic rings. The number of nitro benzene ring substituents is 1. The quantitative estimate of drug-likeness (QED) is 0.537. The molecular weight excluding hydrogens is 368 g/mol. The lowest BCUT2D eigenvalue weighted by molar-refractivity contribution is -0.384. The molecule has 4 rings (SSSR count). The minimum atomic E-state index is -0.706. The summed E-state index contributed by atoms with van der Waals surface area (Å²) >= 11 is 6.35. The number of rotatable bonds is 3. The molecule has 1 aromatic heterocycles. The van der Waals surface area contributed by atoms with E-state index in [1.165, 1.54) is 23.1 Å². The van der Waals surface area contributed by atoms with E-state index in [1.54, 1.807) is 42.7 Å². The van der Waals surface area contributed by atoms with E-state index in [2.05, 4.69) is 10.3 Å². The number of carbonyl (C=O) groups excluding carboxylic acids is 1. The third-order valence-electron chi connectivity index (χ3n) is 4.35. The molecule has 27 heavy (non-hydrogen) atoms. The highest BCUT2D eigenvalue weighted by Gasteiger charge is 2.35. The number of non-ortho nitro benzene ring substituents is 1. The van der Waals surface area contributed by atoms with Crippen molar-refractivity contribution in [3.8, 4) is 0 Å². The number of halogens is 1. The zero-order valence-corrected chi connectivity index (χ0v) is 14.6. The van der Waals surface area contributed by atoms with Gasteiger partial charge in [-0.15, -0.1) is 0 Å². The highest BCUT2D eigenvalue weighted by Crippen LogP contribution is 2.39. The Morgan fingerprint density at radius 1 is 1.11 bits per heavy atom. The van der Waals surface area contributed by atoms with E-state index in [9.17, 15) is 14.9 Å². The maximum Gasteiger partial charge on any atom is 0.269 e. The lowest BCUT2D eigenvalue weighted by atomic mass is 10.0. The van der Waals surface area contributed by atoms with E-state index in [-0.39, 0.29) is 11.6 Å². The molecule has 1 aliphatic heterocycles. The Hall–Kier alpha value is -3.45. The number of nitro groups is 1. The summed E-state index contributed by atoms with van der Waals surface area (Å²) in [5, 5.41) is 14.8. The van der Waals surface area contributed by atoms with E-state index in [1.807, 2.05) is 6.07 Å². The lowest BCUT2D eigenvalue weighted by Crippen LogP contribution is -2.43. The van der Waals surface area contributed by atoms with Crippen molar-refractivity contribution < 1.29 is 9.72 Å². The fourth-order valence-corrected chi connectivity index (χ4v) is 3.32. The maximum absolute atomic E-state index is 13.2. The number of para-hydroxylation sites is 1. The van der Waals surface area contributed by atoms with E-state index >= 15 is 0 Å². The smallest absolute Gasteiger partial charge is 0.269 e. The molecular formula is C19H13ClN4O3. The first-order chi connectivity index (χ1) is 13.1. The van der Waals surface area contributed by atoms with Gasteiger partial charge in [-0.25, -0.2) is 0 Å².